The van der Waals surface area contributed by atoms with Crippen molar-refractivity contribution in [2.45, 2.75) is 4.90 Å². The molecule has 0 saturated heterocycles. The highest BCUT2D eigenvalue weighted by Gasteiger charge is 2.24. The van der Waals surface area contributed by atoms with Crippen molar-refractivity contribution in [3.63, 3.8) is 0 Å². The summed E-state index contributed by atoms with van der Waals surface area (Å²) in [4.78, 5) is 4.34. The average molecular weight is 421 g/mol. The highest BCUT2D eigenvalue weighted by molar-refractivity contribution is 9.10. The SMILES string of the molecule is O=S(=O)(Nc1cccc2cccnc12)c1cc2c(cc1Br)OCCO2. The van der Waals surface area contributed by atoms with E-state index in [0.29, 0.717) is 40.4 Å². The number of para-hydroxylation sites is 1. The number of halogens is 1. The van der Waals surface area contributed by atoms with E-state index in [1.807, 2.05) is 12.1 Å². The zero-order chi connectivity index (χ0) is 17.4. The molecule has 2 aromatic carbocycles. The van der Waals surface area contributed by atoms with E-state index in [-0.39, 0.29) is 4.90 Å². The van der Waals surface area contributed by atoms with Gasteiger partial charge in [-0.25, -0.2) is 8.42 Å². The first-order valence-corrected chi connectivity index (χ1v) is 9.78. The summed E-state index contributed by atoms with van der Waals surface area (Å²) in [5.41, 5.74) is 1.00. The summed E-state index contributed by atoms with van der Waals surface area (Å²) in [7, 11) is -3.84. The van der Waals surface area contributed by atoms with E-state index in [9.17, 15) is 8.42 Å². The maximum absolute atomic E-state index is 12.9. The average Bonchev–Trinajstić information content (AvgIpc) is 2.61. The number of fused-ring (bicyclic) bond motifs is 2. The zero-order valence-corrected chi connectivity index (χ0v) is 15.3. The monoisotopic (exact) mass is 420 g/mol. The predicted octanol–water partition coefficient (Wildman–Crippen LogP) is 3.57. The van der Waals surface area contributed by atoms with Crippen LogP contribution in [0.2, 0.25) is 0 Å². The smallest absolute Gasteiger partial charge is 0.263 e. The molecule has 1 N–H and O–H groups in total. The number of rotatable bonds is 3. The van der Waals surface area contributed by atoms with Crippen molar-refractivity contribution in [1.29, 1.82) is 0 Å². The molecule has 8 heteroatoms. The minimum atomic E-state index is -3.84. The lowest BCUT2D eigenvalue weighted by molar-refractivity contribution is 0.171. The first kappa shape index (κ1) is 16.2. The van der Waals surface area contributed by atoms with Crippen LogP contribution in [-0.2, 0) is 10.0 Å². The first-order chi connectivity index (χ1) is 12.0. The maximum atomic E-state index is 12.9. The van der Waals surface area contributed by atoms with E-state index >= 15 is 0 Å². The van der Waals surface area contributed by atoms with E-state index in [0.717, 1.165) is 5.39 Å². The third-order valence-electron chi connectivity index (χ3n) is 3.76. The molecule has 4 rings (SSSR count). The van der Waals surface area contributed by atoms with Crippen molar-refractivity contribution in [2.75, 3.05) is 17.9 Å². The summed E-state index contributed by atoms with van der Waals surface area (Å²) in [5.74, 6) is 0.926. The van der Waals surface area contributed by atoms with E-state index in [1.54, 1.807) is 30.5 Å². The molecule has 0 bridgehead atoms. The molecule has 0 atom stereocenters. The third-order valence-corrected chi connectivity index (χ3v) is 6.09. The highest BCUT2D eigenvalue weighted by Crippen LogP contribution is 2.38. The number of pyridine rings is 1. The second-order valence-corrected chi connectivity index (χ2v) is 7.92. The minimum absolute atomic E-state index is 0.0738. The number of ether oxygens (including phenoxy) is 2. The Morgan fingerprint density at radius 3 is 2.56 bits per heavy atom. The van der Waals surface area contributed by atoms with Gasteiger partial charge in [0, 0.05) is 22.1 Å². The fraction of sp³-hybridized carbons (Fsp3) is 0.118. The van der Waals surface area contributed by atoms with Gasteiger partial charge in [-0.15, -0.1) is 0 Å². The molecule has 1 aliphatic rings. The Morgan fingerprint density at radius 1 is 1.04 bits per heavy atom. The minimum Gasteiger partial charge on any atom is -0.486 e. The Hall–Kier alpha value is -2.32. The fourth-order valence-electron chi connectivity index (χ4n) is 2.64. The quantitative estimate of drug-likeness (QED) is 0.700. The standard InChI is InChI=1S/C17H13BrN2O4S/c18-12-9-14-15(24-8-7-23-14)10-16(12)25(21,22)20-13-5-1-3-11-4-2-6-19-17(11)13/h1-6,9-10,20H,7-8H2. The van der Waals surface area contributed by atoms with Crippen LogP contribution >= 0.6 is 15.9 Å². The van der Waals surface area contributed by atoms with Crippen LogP contribution in [-0.4, -0.2) is 26.6 Å². The molecule has 1 aliphatic heterocycles. The molecule has 0 spiro atoms. The molecule has 1 aromatic heterocycles. The Morgan fingerprint density at radius 2 is 1.76 bits per heavy atom. The van der Waals surface area contributed by atoms with Gasteiger partial charge in [-0.1, -0.05) is 18.2 Å². The van der Waals surface area contributed by atoms with Gasteiger partial charge < -0.3 is 9.47 Å². The first-order valence-electron chi connectivity index (χ1n) is 7.50. The molecular weight excluding hydrogens is 408 g/mol. The summed E-state index contributed by atoms with van der Waals surface area (Å²) >= 11 is 3.30. The number of benzene rings is 2. The molecule has 6 nitrogen and oxygen atoms in total. The van der Waals surface area contributed by atoms with Crippen molar-refractivity contribution in [2.24, 2.45) is 0 Å². The Labute approximate surface area is 153 Å². The topological polar surface area (TPSA) is 77.5 Å². The second kappa shape index (κ2) is 6.20. The van der Waals surface area contributed by atoms with E-state index < -0.39 is 10.0 Å². The highest BCUT2D eigenvalue weighted by atomic mass is 79.9. The summed E-state index contributed by atoms with van der Waals surface area (Å²) in [6.07, 6.45) is 1.63. The fourth-order valence-corrected chi connectivity index (χ4v) is 4.74. The molecule has 0 fully saturated rings. The number of sulfonamides is 1. The van der Waals surface area contributed by atoms with Gasteiger partial charge in [-0.05, 0) is 34.1 Å². The third kappa shape index (κ3) is 3.03. The van der Waals surface area contributed by atoms with Crippen LogP contribution < -0.4 is 14.2 Å². The van der Waals surface area contributed by atoms with Gasteiger partial charge in [0.05, 0.1) is 11.2 Å². The van der Waals surface area contributed by atoms with Crippen molar-refractivity contribution in [3.05, 3.63) is 53.1 Å². The lowest BCUT2D eigenvalue weighted by Gasteiger charge is -2.20. The lowest BCUT2D eigenvalue weighted by Crippen LogP contribution is -2.18. The van der Waals surface area contributed by atoms with Crippen LogP contribution in [0.25, 0.3) is 10.9 Å². The van der Waals surface area contributed by atoms with Gasteiger partial charge in [0.1, 0.15) is 18.1 Å². The summed E-state index contributed by atoms with van der Waals surface area (Å²) in [5, 5.41) is 0.851. The Kier molecular flexibility index (Phi) is 4.01. The van der Waals surface area contributed by atoms with Gasteiger partial charge in [0.2, 0.25) is 0 Å². The van der Waals surface area contributed by atoms with Gasteiger partial charge in [-0.3, -0.25) is 9.71 Å². The number of hydrogen-bond acceptors (Lipinski definition) is 5. The molecule has 128 valence electrons. The number of aromatic nitrogens is 1. The van der Waals surface area contributed by atoms with E-state index in [4.69, 9.17) is 9.47 Å². The largest absolute Gasteiger partial charge is 0.486 e. The van der Waals surface area contributed by atoms with Gasteiger partial charge >= 0.3 is 0 Å². The number of hydrogen-bond donors (Lipinski definition) is 1. The van der Waals surface area contributed by atoms with Crippen LogP contribution in [0.1, 0.15) is 0 Å². The molecule has 0 unspecified atom stereocenters. The van der Waals surface area contributed by atoms with Crippen molar-refractivity contribution in [3.8, 4) is 11.5 Å². The lowest BCUT2D eigenvalue weighted by atomic mass is 10.2. The Balaban J connectivity index is 1.77. The summed E-state index contributed by atoms with van der Waals surface area (Å²) in [6, 6.07) is 12.1. The van der Waals surface area contributed by atoms with Gasteiger partial charge in [-0.2, -0.15) is 0 Å². The molecule has 0 amide bonds. The van der Waals surface area contributed by atoms with Crippen molar-refractivity contribution in [1.82, 2.24) is 4.98 Å². The van der Waals surface area contributed by atoms with Crippen molar-refractivity contribution >= 4 is 42.5 Å². The van der Waals surface area contributed by atoms with Crippen LogP contribution in [0.5, 0.6) is 11.5 Å². The van der Waals surface area contributed by atoms with Gasteiger partial charge in [0.25, 0.3) is 10.0 Å². The van der Waals surface area contributed by atoms with E-state index in [2.05, 4.69) is 25.6 Å². The molecule has 0 saturated carbocycles. The predicted molar refractivity (Wildman–Crippen MR) is 97.7 cm³/mol. The van der Waals surface area contributed by atoms with Crippen LogP contribution in [0.15, 0.2) is 58.0 Å². The molecule has 0 aliphatic carbocycles. The molecule has 2 heterocycles. The normalized spacial score (nSPS) is 13.6. The van der Waals surface area contributed by atoms with Crippen LogP contribution in [0, 0.1) is 0 Å². The van der Waals surface area contributed by atoms with Gasteiger partial charge in [0.15, 0.2) is 11.5 Å². The number of nitrogens with zero attached hydrogens (tertiary/aromatic N) is 1. The number of nitrogens with one attached hydrogen (secondary N) is 1. The molecule has 25 heavy (non-hydrogen) atoms. The maximum Gasteiger partial charge on any atom is 0.263 e. The van der Waals surface area contributed by atoms with Crippen molar-refractivity contribution < 1.29 is 17.9 Å². The number of anilines is 1. The molecule has 3 aromatic rings. The second-order valence-electron chi connectivity index (χ2n) is 5.41. The van der Waals surface area contributed by atoms with E-state index in [1.165, 1.54) is 6.07 Å². The van der Waals surface area contributed by atoms with Crippen LogP contribution in [0.4, 0.5) is 5.69 Å². The molecular formula is C17H13BrN2O4S. The zero-order valence-electron chi connectivity index (χ0n) is 12.9. The van der Waals surface area contributed by atoms with Crippen LogP contribution in [0.3, 0.4) is 0 Å². The Bertz CT molecular complexity index is 1060. The summed E-state index contributed by atoms with van der Waals surface area (Å²) in [6.45, 7) is 0.820. The molecule has 0 radical (unpaired) electrons. The summed E-state index contributed by atoms with van der Waals surface area (Å²) < 4.78 is 39.7.